The highest BCUT2D eigenvalue weighted by atomic mass is 16.5. The Kier molecular flexibility index (Phi) is 7.47. The van der Waals surface area contributed by atoms with Gasteiger partial charge in [0.15, 0.2) is 5.76 Å². The van der Waals surface area contributed by atoms with E-state index in [1.165, 1.54) is 24.7 Å². The van der Waals surface area contributed by atoms with Gasteiger partial charge in [0.1, 0.15) is 5.75 Å². The van der Waals surface area contributed by atoms with Crippen LogP contribution in [0.25, 0.3) is 0 Å². The highest BCUT2D eigenvalue weighted by molar-refractivity contribution is 5.91. The summed E-state index contributed by atoms with van der Waals surface area (Å²) in [6.45, 7) is 3.26. The van der Waals surface area contributed by atoms with E-state index < -0.39 is 0 Å². The first-order chi connectivity index (χ1) is 15.7. The van der Waals surface area contributed by atoms with E-state index in [0.29, 0.717) is 44.4 Å². The molecule has 1 saturated heterocycles. The highest BCUT2D eigenvalue weighted by Crippen LogP contribution is 2.31. The number of furan rings is 1. The van der Waals surface area contributed by atoms with Crippen molar-refractivity contribution >= 4 is 11.8 Å². The molecule has 2 aliphatic rings. The lowest BCUT2D eigenvalue weighted by Crippen LogP contribution is -2.58. The molecule has 32 heavy (non-hydrogen) atoms. The van der Waals surface area contributed by atoms with Gasteiger partial charge in [0.05, 0.1) is 19.4 Å². The van der Waals surface area contributed by atoms with Gasteiger partial charge in [-0.3, -0.25) is 14.5 Å². The van der Waals surface area contributed by atoms with Gasteiger partial charge in [-0.2, -0.15) is 0 Å². The minimum atomic E-state index is -0.116. The molecule has 1 aromatic carbocycles. The fraction of sp³-hybridized carbons (Fsp3) is 0.520. The zero-order valence-corrected chi connectivity index (χ0v) is 18.8. The SMILES string of the molecule is COc1ccc(CCNC(=O)[C@H](C2CCCC2)N2CCN(C(=O)c3ccco3)CC2)cc1. The molecule has 0 radical (unpaired) electrons. The number of methoxy groups -OCH3 is 1. The Labute approximate surface area is 189 Å². The highest BCUT2D eigenvalue weighted by Gasteiger charge is 2.37. The van der Waals surface area contributed by atoms with Crippen LogP contribution in [0.3, 0.4) is 0 Å². The van der Waals surface area contributed by atoms with Crippen molar-refractivity contribution in [2.75, 3.05) is 39.8 Å². The molecule has 2 heterocycles. The van der Waals surface area contributed by atoms with Gasteiger partial charge >= 0.3 is 0 Å². The van der Waals surface area contributed by atoms with Gasteiger partial charge in [-0.25, -0.2) is 0 Å². The maximum atomic E-state index is 13.3. The number of ether oxygens (including phenoxy) is 1. The van der Waals surface area contributed by atoms with E-state index >= 15 is 0 Å². The normalized spacial score (nSPS) is 18.5. The molecule has 1 atom stereocenters. The molecule has 4 rings (SSSR count). The second kappa shape index (κ2) is 10.7. The summed E-state index contributed by atoms with van der Waals surface area (Å²) in [5.74, 6) is 1.65. The number of benzene rings is 1. The number of carbonyl (C=O) groups excluding carboxylic acids is 2. The smallest absolute Gasteiger partial charge is 0.289 e. The van der Waals surface area contributed by atoms with Gasteiger partial charge in [-0.05, 0) is 55.0 Å². The minimum absolute atomic E-state index is 0.0731. The topological polar surface area (TPSA) is 75.0 Å². The van der Waals surface area contributed by atoms with Crippen molar-refractivity contribution in [1.29, 1.82) is 0 Å². The van der Waals surface area contributed by atoms with Crippen molar-refractivity contribution in [2.45, 2.75) is 38.1 Å². The van der Waals surface area contributed by atoms with Crippen LogP contribution >= 0.6 is 0 Å². The molecule has 1 N–H and O–H groups in total. The summed E-state index contributed by atoms with van der Waals surface area (Å²) in [5, 5.41) is 3.18. The Morgan fingerprint density at radius 2 is 1.81 bits per heavy atom. The Hall–Kier alpha value is -2.80. The van der Waals surface area contributed by atoms with Crippen molar-refractivity contribution in [1.82, 2.24) is 15.1 Å². The van der Waals surface area contributed by atoms with E-state index in [0.717, 1.165) is 25.0 Å². The van der Waals surface area contributed by atoms with Gasteiger partial charge in [0.2, 0.25) is 5.91 Å². The van der Waals surface area contributed by atoms with Crippen molar-refractivity contribution in [2.24, 2.45) is 5.92 Å². The third-order valence-electron chi connectivity index (χ3n) is 6.71. The van der Waals surface area contributed by atoms with E-state index in [9.17, 15) is 9.59 Å². The fourth-order valence-corrected chi connectivity index (χ4v) is 4.94. The summed E-state index contributed by atoms with van der Waals surface area (Å²) in [6.07, 6.45) is 6.90. The van der Waals surface area contributed by atoms with Crippen LogP contribution in [-0.2, 0) is 11.2 Å². The maximum Gasteiger partial charge on any atom is 0.289 e. The van der Waals surface area contributed by atoms with Gasteiger partial charge in [0, 0.05) is 32.7 Å². The summed E-state index contributed by atoms with van der Waals surface area (Å²) >= 11 is 0. The Morgan fingerprint density at radius 1 is 1.09 bits per heavy atom. The van der Waals surface area contributed by atoms with E-state index in [2.05, 4.69) is 10.2 Å². The Bertz CT molecular complexity index is 867. The van der Waals surface area contributed by atoms with Crippen LogP contribution in [-0.4, -0.2) is 67.5 Å². The summed E-state index contributed by atoms with van der Waals surface area (Å²) in [7, 11) is 1.66. The van der Waals surface area contributed by atoms with Crippen LogP contribution in [0, 0.1) is 5.92 Å². The molecule has 2 aromatic rings. The summed E-state index contributed by atoms with van der Waals surface area (Å²) in [4.78, 5) is 29.9. The number of hydrogen-bond donors (Lipinski definition) is 1. The molecule has 1 aromatic heterocycles. The lowest BCUT2D eigenvalue weighted by atomic mass is 9.95. The first-order valence-electron chi connectivity index (χ1n) is 11.6. The molecule has 1 aliphatic carbocycles. The molecule has 0 unspecified atom stereocenters. The first-order valence-corrected chi connectivity index (χ1v) is 11.6. The Morgan fingerprint density at radius 3 is 2.44 bits per heavy atom. The second-order valence-corrected chi connectivity index (χ2v) is 8.68. The molecule has 7 nitrogen and oxygen atoms in total. The van der Waals surface area contributed by atoms with Crippen LogP contribution in [0.4, 0.5) is 0 Å². The zero-order valence-electron chi connectivity index (χ0n) is 18.8. The third-order valence-corrected chi connectivity index (χ3v) is 6.71. The van der Waals surface area contributed by atoms with Gasteiger partial charge in [-0.15, -0.1) is 0 Å². The number of nitrogens with zero attached hydrogens (tertiary/aromatic N) is 2. The number of hydrogen-bond acceptors (Lipinski definition) is 5. The average molecular weight is 440 g/mol. The van der Waals surface area contributed by atoms with Crippen LogP contribution < -0.4 is 10.1 Å². The molecule has 2 fully saturated rings. The monoisotopic (exact) mass is 439 g/mol. The van der Waals surface area contributed by atoms with Crippen molar-refractivity contribution in [3.63, 3.8) is 0 Å². The standard InChI is InChI=1S/C25H33N3O4/c1-31-21-10-8-19(9-11-21)12-13-26-24(29)23(20-5-2-3-6-20)27-14-16-28(17-15-27)25(30)22-7-4-18-32-22/h4,7-11,18,20,23H,2-3,5-6,12-17H2,1H3,(H,26,29)/t23-/m0/s1. The summed E-state index contributed by atoms with van der Waals surface area (Å²) in [6, 6.07) is 11.3. The van der Waals surface area contributed by atoms with Crippen LogP contribution in [0.5, 0.6) is 5.75 Å². The van der Waals surface area contributed by atoms with Crippen LogP contribution in [0.1, 0.15) is 41.8 Å². The predicted octanol–water partition coefficient (Wildman–Crippen LogP) is 2.96. The van der Waals surface area contributed by atoms with Gasteiger partial charge < -0.3 is 19.4 Å². The molecular weight excluding hydrogens is 406 g/mol. The average Bonchev–Trinajstić information content (AvgIpc) is 3.55. The van der Waals surface area contributed by atoms with Gasteiger partial charge in [-0.1, -0.05) is 25.0 Å². The van der Waals surface area contributed by atoms with E-state index in [4.69, 9.17) is 9.15 Å². The molecule has 0 spiro atoms. The molecule has 2 amide bonds. The number of rotatable bonds is 8. The predicted molar refractivity (Wildman–Crippen MR) is 122 cm³/mol. The Balaban J connectivity index is 1.32. The van der Waals surface area contributed by atoms with Crippen molar-refractivity contribution in [3.05, 3.63) is 54.0 Å². The largest absolute Gasteiger partial charge is 0.497 e. The number of nitrogens with one attached hydrogen (secondary N) is 1. The minimum Gasteiger partial charge on any atom is -0.497 e. The maximum absolute atomic E-state index is 13.3. The molecule has 7 heteroatoms. The van der Waals surface area contributed by atoms with Crippen molar-refractivity contribution < 1.29 is 18.7 Å². The quantitative estimate of drug-likeness (QED) is 0.685. The summed E-state index contributed by atoms with van der Waals surface area (Å²) in [5.41, 5.74) is 1.17. The fourth-order valence-electron chi connectivity index (χ4n) is 4.94. The molecule has 1 saturated carbocycles. The van der Waals surface area contributed by atoms with E-state index in [1.54, 1.807) is 19.2 Å². The van der Waals surface area contributed by atoms with E-state index in [1.807, 2.05) is 29.2 Å². The third kappa shape index (κ3) is 5.33. The van der Waals surface area contributed by atoms with Crippen LogP contribution in [0.15, 0.2) is 47.1 Å². The lowest BCUT2D eigenvalue weighted by molar-refractivity contribution is -0.129. The molecule has 172 valence electrons. The first kappa shape index (κ1) is 22.4. The summed E-state index contributed by atoms with van der Waals surface area (Å²) < 4.78 is 10.5. The second-order valence-electron chi connectivity index (χ2n) is 8.68. The van der Waals surface area contributed by atoms with Crippen molar-refractivity contribution in [3.8, 4) is 5.75 Å². The zero-order chi connectivity index (χ0) is 22.3. The lowest BCUT2D eigenvalue weighted by Gasteiger charge is -2.40. The number of carbonyl (C=O) groups is 2. The molecule has 0 bridgehead atoms. The van der Waals surface area contributed by atoms with E-state index in [-0.39, 0.29) is 17.9 Å². The number of piperazine rings is 1. The van der Waals surface area contributed by atoms with Gasteiger partial charge in [0.25, 0.3) is 5.91 Å². The number of amides is 2. The molecule has 1 aliphatic heterocycles. The van der Waals surface area contributed by atoms with Crippen LogP contribution in [0.2, 0.25) is 0 Å². The molecular formula is C25H33N3O4.